The molecule has 2 nitrogen and oxygen atoms in total. The normalized spacial score (nSPS) is 14.0. The minimum atomic E-state index is -0.632. The Morgan fingerprint density at radius 1 is 1.25 bits per heavy atom. The zero-order valence-corrected chi connectivity index (χ0v) is 8.59. The lowest BCUT2D eigenvalue weighted by Gasteiger charge is -2.13. The van der Waals surface area contributed by atoms with Crippen molar-refractivity contribution in [1.29, 1.82) is 0 Å². The molecule has 1 aromatic carbocycles. The van der Waals surface area contributed by atoms with Crippen LogP contribution in [0.4, 0.5) is 8.78 Å². The first kappa shape index (κ1) is 10.8. The smallest absolute Gasteiger partial charge is 0.247 e. The van der Waals surface area contributed by atoms with Gasteiger partial charge in [0.1, 0.15) is 11.6 Å². The number of carbonyl (C=O) groups is 1. The number of amides is 1. The summed E-state index contributed by atoms with van der Waals surface area (Å²) in [6, 6.07) is 3.22. The van der Waals surface area contributed by atoms with Gasteiger partial charge in [0.05, 0.1) is 0 Å². The molecule has 1 aromatic rings. The fraction of sp³-hybridized carbons (Fsp3) is 0.250. The molecule has 0 saturated carbocycles. The van der Waals surface area contributed by atoms with Crippen molar-refractivity contribution in [3.63, 3.8) is 0 Å². The SMILES string of the molecule is O=C(NCc1cc(F)cc(F)c1)C1=CCC1. The lowest BCUT2D eigenvalue weighted by Crippen LogP contribution is -2.26. The zero-order valence-electron chi connectivity index (χ0n) is 8.59. The number of hydrogen-bond acceptors (Lipinski definition) is 1. The molecule has 0 aromatic heterocycles. The van der Waals surface area contributed by atoms with E-state index in [1.54, 1.807) is 0 Å². The summed E-state index contributed by atoms with van der Waals surface area (Å²) in [5.74, 6) is -1.42. The van der Waals surface area contributed by atoms with E-state index < -0.39 is 11.6 Å². The molecule has 1 aliphatic rings. The number of allylic oxidation sites excluding steroid dienone is 1. The number of carbonyl (C=O) groups excluding carboxylic acids is 1. The van der Waals surface area contributed by atoms with Crippen molar-refractivity contribution in [2.45, 2.75) is 19.4 Å². The molecule has 84 valence electrons. The van der Waals surface area contributed by atoms with Crippen molar-refractivity contribution in [2.75, 3.05) is 0 Å². The Morgan fingerprint density at radius 2 is 1.88 bits per heavy atom. The largest absolute Gasteiger partial charge is 0.348 e. The first-order valence-electron chi connectivity index (χ1n) is 5.07. The number of halogens is 2. The number of benzene rings is 1. The van der Waals surface area contributed by atoms with Crippen LogP contribution in [0.25, 0.3) is 0 Å². The molecule has 1 amide bonds. The van der Waals surface area contributed by atoms with Crippen LogP contribution in [0, 0.1) is 11.6 Å². The van der Waals surface area contributed by atoms with Gasteiger partial charge in [-0.3, -0.25) is 4.79 Å². The maximum atomic E-state index is 12.8. The van der Waals surface area contributed by atoms with Crippen LogP contribution >= 0.6 is 0 Å². The van der Waals surface area contributed by atoms with E-state index in [1.807, 2.05) is 6.08 Å². The summed E-state index contributed by atoms with van der Waals surface area (Å²) in [5, 5.41) is 2.61. The Morgan fingerprint density at radius 3 is 2.38 bits per heavy atom. The van der Waals surface area contributed by atoms with Gasteiger partial charge in [-0.05, 0) is 30.5 Å². The molecule has 0 saturated heterocycles. The maximum absolute atomic E-state index is 12.8. The summed E-state index contributed by atoms with van der Waals surface area (Å²) < 4.78 is 25.6. The van der Waals surface area contributed by atoms with Gasteiger partial charge < -0.3 is 5.32 Å². The molecule has 0 atom stereocenters. The molecule has 0 radical (unpaired) electrons. The van der Waals surface area contributed by atoms with Gasteiger partial charge in [-0.1, -0.05) is 6.08 Å². The molecule has 2 rings (SSSR count). The van der Waals surface area contributed by atoms with E-state index in [-0.39, 0.29) is 12.5 Å². The molecule has 0 heterocycles. The topological polar surface area (TPSA) is 29.1 Å². The molecule has 0 aliphatic heterocycles. The molecular formula is C12H11F2NO. The van der Waals surface area contributed by atoms with Crippen LogP contribution in [0.3, 0.4) is 0 Å². The monoisotopic (exact) mass is 223 g/mol. The number of rotatable bonds is 3. The summed E-state index contributed by atoms with van der Waals surface area (Å²) in [5.41, 5.74) is 1.17. The molecular weight excluding hydrogens is 212 g/mol. The predicted molar refractivity (Wildman–Crippen MR) is 55.5 cm³/mol. The van der Waals surface area contributed by atoms with E-state index in [0.29, 0.717) is 5.56 Å². The summed E-state index contributed by atoms with van der Waals surface area (Å²) in [4.78, 5) is 11.4. The molecule has 4 heteroatoms. The van der Waals surface area contributed by atoms with E-state index in [9.17, 15) is 13.6 Å². The van der Waals surface area contributed by atoms with E-state index >= 15 is 0 Å². The third-order valence-corrected chi connectivity index (χ3v) is 2.47. The fourth-order valence-electron chi connectivity index (χ4n) is 1.50. The van der Waals surface area contributed by atoms with E-state index in [2.05, 4.69) is 5.32 Å². The van der Waals surface area contributed by atoms with Crippen LogP contribution < -0.4 is 5.32 Å². The van der Waals surface area contributed by atoms with Gasteiger partial charge in [-0.15, -0.1) is 0 Å². The Labute approximate surface area is 92.0 Å². The van der Waals surface area contributed by atoms with Crippen LogP contribution in [-0.2, 0) is 11.3 Å². The van der Waals surface area contributed by atoms with Crippen molar-refractivity contribution < 1.29 is 13.6 Å². The second-order valence-corrected chi connectivity index (χ2v) is 3.73. The second kappa shape index (κ2) is 4.43. The second-order valence-electron chi connectivity index (χ2n) is 3.73. The van der Waals surface area contributed by atoms with Gasteiger partial charge in [-0.2, -0.15) is 0 Å². The standard InChI is InChI=1S/C12H11F2NO/c13-10-4-8(5-11(14)6-10)7-15-12(16)9-2-1-3-9/h2,4-6H,1,3,7H2,(H,15,16). The van der Waals surface area contributed by atoms with Crippen LogP contribution in [0.5, 0.6) is 0 Å². The highest BCUT2D eigenvalue weighted by molar-refractivity contribution is 5.94. The van der Waals surface area contributed by atoms with Gasteiger partial charge in [0.25, 0.3) is 0 Å². The third-order valence-electron chi connectivity index (χ3n) is 2.47. The van der Waals surface area contributed by atoms with Crippen molar-refractivity contribution in [3.8, 4) is 0 Å². The fourth-order valence-corrected chi connectivity index (χ4v) is 1.50. The van der Waals surface area contributed by atoms with Crippen LogP contribution in [0.2, 0.25) is 0 Å². The molecule has 16 heavy (non-hydrogen) atoms. The summed E-state index contributed by atoms with van der Waals surface area (Å²) in [6.45, 7) is 0.144. The molecule has 0 fully saturated rings. The molecule has 0 unspecified atom stereocenters. The third kappa shape index (κ3) is 2.45. The van der Waals surface area contributed by atoms with Crippen LogP contribution in [0.1, 0.15) is 18.4 Å². The van der Waals surface area contributed by atoms with Crippen molar-refractivity contribution in [1.82, 2.24) is 5.32 Å². The minimum Gasteiger partial charge on any atom is -0.348 e. The maximum Gasteiger partial charge on any atom is 0.247 e. The molecule has 0 spiro atoms. The zero-order chi connectivity index (χ0) is 11.5. The quantitative estimate of drug-likeness (QED) is 0.837. The van der Waals surface area contributed by atoms with Gasteiger partial charge in [0, 0.05) is 18.2 Å². The van der Waals surface area contributed by atoms with Gasteiger partial charge in [0.2, 0.25) is 5.91 Å². The highest BCUT2D eigenvalue weighted by atomic mass is 19.1. The lowest BCUT2D eigenvalue weighted by molar-refractivity contribution is -0.118. The summed E-state index contributed by atoms with van der Waals surface area (Å²) >= 11 is 0. The Hall–Kier alpha value is -1.71. The Balaban J connectivity index is 1.96. The van der Waals surface area contributed by atoms with Gasteiger partial charge >= 0.3 is 0 Å². The first-order chi connectivity index (χ1) is 7.65. The van der Waals surface area contributed by atoms with E-state index in [1.165, 1.54) is 12.1 Å². The minimum absolute atomic E-state index is 0.144. The van der Waals surface area contributed by atoms with Crippen LogP contribution in [0.15, 0.2) is 29.8 Å². The number of hydrogen-bond donors (Lipinski definition) is 1. The van der Waals surface area contributed by atoms with Gasteiger partial charge in [0.15, 0.2) is 0 Å². The average molecular weight is 223 g/mol. The van der Waals surface area contributed by atoms with Crippen LogP contribution in [-0.4, -0.2) is 5.91 Å². The summed E-state index contributed by atoms with van der Waals surface area (Å²) in [6.07, 6.45) is 3.56. The van der Waals surface area contributed by atoms with E-state index in [4.69, 9.17) is 0 Å². The number of nitrogens with one attached hydrogen (secondary N) is 1. The highest BCUT2D eigenvalue weighted by Gasteiger charge is 2.14. The lowest BCUT2D eigenvalue weighted by atomic mass is 9.98. The summed E-state index contributed by atoms with van der Waals surface area (Å²) in [7, 11) is 0. The highest BCUT2D eigenvalue weighted by Crippen LogP contribution is 2.17. The van der Waals surface area contributed by atoms with Gasteiger partial charge in [-0.25, -0.2) is 8.78 Å². The average Bonchev–Trinajstić information content (AvgIpc) is 2.10. The molecule has 1 N–H and O–H groups in total. The predicted octanol–water partition coefficient (Wildman–Crippen LogP) is 2.30. The Bertz CT molecular complexity index is 434. The Kier molecular flexibility index (Phi) is 2.99. The van der Waals surface area contributed by atoms with Crippen molar-refractivity contribution in [3.05, 3.63) is 47.0 Å². The first-order valence-corrected chi connectivity index (χ1v) is 5.07. The van der Waals surface area contributed by atoms with Crippen molar-refractivity contribution in [2.24, 2.45) is 0 Å². The van der Waals surface area contributed by atoms with Crippen molar-refractivity contribution >= 4 is 5.91 Å². The molecule has 1 aliphatic carbocycles. The van der Waals surface area contributed by atoms with E-state index in [0.717, 1.165) is 24.5 Å². The molecule has 0 bridgehead atoms.